The molecule has 1 saturated heterocycles. The van der Waals surface area contributed by atoms with Gasteiger partial charge in [0.1, 0.15) is 5.82 Å². The van der Waals surface area contributed by atoms with Crippen molar-refractivity contribution in [2.45, 2.75) is 32.2 Å². The Kier molecular flexibility index (Phi) is 6.11. The molecular formula is C18H24FN5O. The first-order chi connectivity index (χ1) is 12.2. The van der Waals surface area contributed by atoms with E-state index in [9.17, 15) is 9.18 Å². The number of nitrogens with one attached hydrogen (secondary N) is 1. The van der Waals surface area contributed by atoms with Crippen LogP contribution in [0.25, 0.3) is 0 Å². The quantitative estimate of drug-likeness (QED) is 0.871. The number of amides is 1. The molecule has 7 heteroatoms. The molecule has 2 aromatic rings. The molecule has 0 atom stereocenters. The molecule has 25 heavy (non-hydrogen) atoms. The van der Waals surface area contributed by atoms with Crippen LogP contribution in [0.2, 0.25) is 0 Å². The third-order valence-corrected chi connectivity index (χ3v) is 4.47. The second kappa shape index (κ2) is 8.71. The second-order valence-electron chi connectivity index (χ2n) is 6.40. The van der Waals surface area contributed by atoms with E-state index in [0.717, 1.165) is 19.6 Å². The van der Waals surface area contributed by atoms with E-state index in [1.54, 1.807) is 24.4 Å². The van der Waals surface area contributed by atoms with Gasteiger partial charge in [0.05, 0.1) is 12.7 Å². The third kappa shape index (κ3) is 5.09. The van der Waals surface area contributed by atoms with Crippen LogP contribution in [0.3, 0.4) is 0 Å². The van der Waals surface area contributed by atoms with E-state index in [2.05, 4.69) is 20.5 Å². The molecule has 0 bridgehead atoms. The maximum Gasteiger partial charge on any atom is 0.273 e. The molecule has 0 unspecified atom stereocenters. The Labute approximate surface area is 147 Å². The molecule has 0 saturated carbocycles. The summed E-state index contributed by atoms with van der Waals surface area (Å²) in [5, 5.41) is 10.7. The van der Waals surface area contributed by atoms with Crippen molar-refractivity contribution in [3.05, 3.63) is 47.5 Å². The number of carbonyl (C=O) groups is 1. The molecule has 6 nitrogen and oxygen atoms in total. The van der Waals surface area contributed by atoms with E-state index in [4.69, 9.17) is 0 Å². The van der Waals surface area contributed by atoms with E-state index in [0.29, 0.717) is 12.1 Å². The fourth-order valence-corrected chi connectivity index (χ4v) is 3.06. The molecule has 0 spiro atoms. The summed E-state index contributed by atoms with van der Waals surface area (Å²) in [6, 6.07) is 6.51. The molecule has 1 aliphatic rings. The van der Waals surface area contributed by atoms with E-state index in [-0.39, 0.29) is 24.0 Å². The summed E-state index contributed by atoms with van der Waals surface area (Å²) in [4.78, 5) is 14.6. The lowest BCUT2D eigenvalue weighted by molar-refractivity contribution is 0.0943. The zero-order chi connectivity index (χ0) is 17.5. The number of hydrogen-bond acceptors (Lipinski definition) is 4. The van der Waals surface area contributed by atoms with Gasteiger partial charge in [-0.15, -0.1) is 5.10 Å². The fraction of sp³-hybridized carbons (Fsp3) is 0.500. The lowest BCUT2D eigenvalue weighted by atomic mass is 10.2. The molecule has 1 amide bonds. The van der Waals surface area contributed by atoms with Crippen LogP contribution in [0.15, 0.2) is 30.5 Å². The molecule has 3 rings (SSSR count). The summed E-state index contributed by atoms with van der Waals surface area (Å²) in [5.74, 6) is -0.531. The van der Waals surface area contributed by atoms with Crippen LogP contribution in [0.5, 0.6) is 0 Å². The molecule has 2 heterocycles. The van der Waals surface area contributed by atoms with Crippen molar-refractivity contribution in [3.63, 3.8) is 0 Å². The van der Waals surface area contributed by atoms with E-state index in [1.165, 1.54) is 36.4 Å². The molecule has 0 radical (unpaired) electrons. The van der Waals surface area contributed by atoms with Gasteiger partial charge in [0.2, 0.25) is 0 Å². The number of likely N-dealkylation sites (tertiary alicyclic amines) is 1. The number of nitrogens with zero attached hydrogens (tertiary/aromatic N) is 4. The lowest BCUT2D eigenvalue weighted by Crippen LogP contribution is -2.35. The maximum atomic E-state index is 13.7. The van der Waals surface area contributed by atoms with Crippen molar-refractivity contribution >= 4 is 5.91 Å². The zero-order valence-electron chi connectivity index (χ0n) is 14.3. The number of hydrogen-bond donors (Lipinski definition) is 1. The largest absolute Gasteiger partial charge is 0.349 e. The van der Waals surface area contributed by atoms with Gasteiger partial charge in [-0.1, -0.05) is 36.3 Å². The second-order valence-corrected chi connectivity index (χ2v) is 6.40. The van der Waals surface area contributed by atoms with Gasteiger partial charge in [0, 0.05) is 18.7 Å². The Morgan fingerprint density at radius 1 is 1.16 bits per heavy atom. The molecule has 134 valence electrons. The van der Waals surface area contributed by atoms with E-state index < -0.39 is 0 Å². The van der Waals surface area contributed by atoms with Crippen molar-refractivity contribution < 1.29 is 9.18 Å². The summed E-state index contributed by atoms with van der Waals surface area (Å²) >= 11 is 0. The predicted molar refractivity (Wildman–Crippen MR) is 92.8 cm³/mol. The molecule has 1 N–H and O–H groups in total. The first-order valence-corrected chi connectivity index (χ1v) is 8.86. The van der Waals surface area contributed by atoms with Crippen molar-refractivity contribution in [1.82, 2.24) is 25.2 Å². The standard InChI is InChI=1S/C18H24FN5O/c19-16-8-4-3-7-15(16)13-24-14-17(21-22-24)18(25)20-9-12-23-10-5-1-2-6-11-23/h3-4,7-8,14H,1-2,5-6,9-13H2,(H,20,25). The average molecular weight is 345 g/mol. The summed E-state index contributed by atoms with van der Waals surface area (Å²) in [6.07, 6.45) is 6.62. The number of aromatic nitrogens is 3. The summed E-state index contributed by atoms with van der Waals surface area (Å²) in [5.41, 5.74) is 0.771. The Morgan fingerprint density at radius 2 is 1.92 bits per heavy atom. The minimum absolute atomic E-state index is 0.241. The Balaban J connectivity index is 1.48. The van der Waals surface area contributed by atoms with Crippen LogP contribution in [0.1, 0.15) is 41.7 Å². The Bertz CT molecular complexity index is 694. The van der Waals surface area contributed by atoms with E-state index in [1.807, 2.05) is 0 Å². The molecule has 1 aliphatic heterocycles. The summed E-state index contributed by atoms with van der Waals surface area (Å²) in [7, 11) is 0. The van der Waals surface area contributed by atoms with Gasteiger partial charge in [0.15, 0.2) is 5.69 Å². The molecular weight excluding hydrogens is 321 g/mol. The summed E-state index contributed by atoms with van der Waals surface area (Å²) in [6.45, 7) is 3.91. The van der Waals surface area contributed by atoms with Gasteiger partial charge < -0.3 is 10.2 Å². The van der Waals surface area contributed by atoms with Crippen molar-refractivity contribution in [1.29, 1.82) is 0 Å². The summed E-state index contributed by atoms with van der Waals surface area (Å²) < 4.78 is 15.1. The highest BCUT2D eigenvalue weighted by Gasteiger charge is 2.13. The fourth-order valence-electron chi connectivity index (χ4n) is 3.06. The van der Waals surface area contributed by atoms with Gasteiger partial charge in [0.25, 0.3) is 5.91 Å². The van der Waals surface area contributed by atoms with Crippen molar-refractivity contribution in [3.8, 4) is 0 Å². The minimum atomic E-state index is -0.290. The first kappa shape index (κ1) is 17.5. The van der Waals surface area contributed by atoms with Crippen LogP contribution >= 0.6 is 0 Å². The van der Waals surface area contributed by atoms with Gasteiger partial charge in [-0.3, -0.25) is 4.79 Å². The van der Waals surface area contributed by atoms with E-state index >= 15 is 0 Å². The smallest absolute Gasteiger partial charge is 0.273 e. The molecule has 1 fully saturated rings. The van der Waals surface area contributed by atoms with Gasteiger partial charge in [-0.25, -0.2) is 9.07 Å². The van der Waals surface area contributed by atoms with Crippen LogP contribution in [0.4, 0.5) is 4.39 Å². The number of rotatable bonds is 6. The molecule has 1 aromatic carbocycles. The monoisotopic (exact) mass is 345 g/mol. The van der Waals surface area contributed by atoms with Crippen molar-refractivity contribution in [2.75, 3.05) is 26.2 Å². The highest BCUT2D eigenvalue weighted by Crippen LogP contribution is 2.09. The molecule has 0 aliphatic carbocycles. The SMILES string of the molecule is O=C(NCCN1CCCCCC1)c1cn(Cc2ccccc2F)nn1. The predicted octanol–water partition coefficient (Wildman–Crippen LogP) is 2.07. The average Bonchev–Trinajstić information content (AvgIpc) is 2.92. The van der Waals surface area contributed by atoms with Crippen molar-refractivity contribution in [2.24, 2.45) is 0 Å². The number of halogens is 1. The lowest BCUT2D eigenvalue weighted by Gasteiger charge is -2.19. The molecule has 1 aromatic heterocycles. The zero-order valence-corrected chi connectivity index (χ0v) is 14.3. The Morgan fingerprint density at radius 3 is 2.68 bits per heavy atom. The number of carbonyl (C=O) groups excluding carboxylic acids is 1. The minimum Gasteiger partial charge on any atom is -0.349 e. The third-order valence-electron chi connectivity index (χ3n) is 4.47. The van der Waals surface area contributed by atoms with Gasteiger partial charge in [-0.2, -0.15) is 0 Å². The van der Waals surface area contributed by atoms with Crippen LogP contribution in [-0.2, 0) is 6.54 Å². The van der Waals surface area contributed by atoms with Crippen LogP contribution < -0.4 is 5.32 Å². The Hall–Kier alpha value is -2.28. The topological polar surface area (TPSA) is 63.1 Å². The maximum absolute atomic E-state index is 13.7. The first-order valence-electron chi connectivity index (χ1n) is 8.86. The van der Waals surface area contributed by atoms with Gasteiger partial charge >= 0.3 is 0 Å². The van der Waals surface area contributed by atoms with Crippen LogP contribution in [0, 0.1) is 5.82 Å². The highest BCUT2D eigenvalue weighted by atomic mass is 19.1. The highest BCUT2D eigenvalue weighted by molar-refractivity contribution is 5.91. The number of benzene rings is 1. The normalized spacial score (nSPS) is 15.7. The van der Waals surface area contributed by atoms with Gasteiger partial charge in [-0.05, 0) is 32.0 Å². The van der Waals surface area contributed by atoms with Crippen LogP contribution in [-0.4, -0.2) is 52.0 Å².